The molecule has 8 heteroatoms. The lowest BCUT2D eigenvalue weighted by Crippen LogP contribution is -2.24. The number of nitrogens with zero attached hydrogens (tertiary/aromatic N) is 1. The van der Waals surface area contributed by atoms with Gasteiger partial charge in [-0.25, -0.2) is 0 Å². The van der Waals surface area contributed by atoms with Crippen molar-refractivity contribution in [3.05, 3.63) is 76.7 Å². The molecule has 3 aromatic rings. The lowest BCUT2D eigenvalue weighted by molar-refractivity contribution is -0.118. The van der Waals surface area contributed by atoms with Crippen LogP contribution in [0.2, 0.25) is 0 Å². The highest BCUT2D eigenvalue weighted by Crippen LogP contribution is 2.18. The second-order valence-corrected chi connectivity index (χ2v) is 7.11. The maximum Gasteiger partial charge on any atom is 0.262 e. The Balaban J connectivity index is 1.54. The number of aromatic nitrogens is 1. The number of methoxy groups -OCH3 is 1. The van der Waals surface area contributed by atoms with E-state index in [4.69, 9.17) is 18.9 Å². The molecule has 0 aliphatic rings. The summed E-state index contributed by atoms with van der Waals surface area (Å²) in [6.07, 6.45) is 1.68. The van der Waals surface area contributed by atoms with E-state index in [9.17, 15) is 9.59 Å². The number of hydrogen-bond donors (Lipinski definition) is 1. The predicted octanol–water partition coefficient (Wildman–Crippen LogP) is 3.66. The molecule has 0 fully saturated rings. The predicted molar refractivity (Wildman–Crippen MR) is 126 cm³/mol. The number of rotatable bonds is 11. The number of anilines is 1. The van der Waals surface area contributed by atoms with Crippen molar-refractivity contribution in [3.8, 4) is 23.0 Å². The molecule has 8 nitrogen and oxygen atoms in total. The molecule has 33 heavy (non-hydrogen) atoms. The van der Waals surface area contributed by atoms with Crippen molar-refractivity contribution in [2.75, 3.05) is 32.2 Å². The fraction of sp³-hybridized carbons (Fsp3) is 0.280. The molecular formula is C25H28N2O6. The first-order valence-corrected chi connectivity index (χ1v) is 10.6. The van der Waals surface area contributed by atoms with Gasteiger partial charge in [0.2, 0.25) is 5.43 Å². The van der Waals surface area contributed by atoms with Crippen LogP contribution in [-0.4, -0.2) is 37.4 Å². The Hall–Kier alpha value is -3.94. The van der Waals surface area contributed by atoms with Gasteiger partial charge in [-0.3, -0.25) is 9.59 Å². The Morgan fingerprint density at radius 3 is 2.21 bits per heavy atom. The Kier molecular flexibility index (Phi) is 8.35. The van der Waals surface area contributed by atoms with Crippen molar-refractivity contribution in [2.45, 2.75) is 20.4 Å². The summed E-state index contributed by atoms with van der Waals surface area (Å²) in [5.74, 6) is 1.98. The summed E-state index contributed by atoms with van der Waals surface area (Å²) in [5, 5.41) is 2.74. The molecule has 0 saturated heterocycles. The first-order chi connectivity index (χ1) is 16.0. The molecule has 2 aromatic carbocycles. The fourth-order valence-electron chi connectivity index (χ4n) is 3.14. The van der Waals surface area contributed by atoms with Gasteiger partial charge >= 0.3 is 0 Å². The van der Waals surface area contributed by atoms with E-state index in [0.717, 1.165) is 17.2 Å². The summed E-state index contributed by atoms with van der Waals surface area (Å²) in [4.78, 5) is 24.6. The molecular weight excluding hydrogens is 424 g/mol. The third-order valence-corrected chi connectivity index (χ3v) is 4.85. The van der Waals surface area contributed by atoms with E-state index >= 15 is 0 Å². The van der Waals surface area contributed by atoms with Crippen LogP contribution in [0.4, 0.5) is 5.69 Å². The van der Waals surface area contributed by atoms with E-state index in [2.05, 4.69) is 5.32 Å². The molecule has 0 spiro atoms. The van der Waals surface area contributed by atoms with Crippen molar-refractivity contribution in [3.63, 3.8) is 0 Å². The first kappa shape index (κ1) is 23.7. The standard InChI is InChI=1S/C25H28N2O6/c1-4-31-21-7-5-19(6-8-21)26-24(29)17-33-25-18(2)27(14-13-23(25)28)15-16-32-22-11-9-20(30-3)10-12-22/h5-14H,4,15-17H2,1-3H3,(H,26,29). The Bertz CT molecular complexity index is 1110. The minimum absolute atomic E-state index is 0.142. The number of amides is 1. The molecule has 0 aliphatic heterocycles. The van der Waals surface area contributed by atoms with Crippen LogP contribution < -0.4 is 29.7 Å². The van der Waals surface area contributed by atoms with Crippen molar-refractivity contribution >= 4 is 11.6 Å². The second-order valence-electron chi connectivity index (χ2n) is 7.11. The van der Waals surface area contributed by atoms with E-state index in [0.29, 0.717) is 31.1 Å². The van der Waals surface area contributed by atoms with E-state index in [1.807, 2.05) is 35.8 Å². The second kappa shape index (κ2) is 11.6. The largest absolute Gasteiger partial charge is 0.497 e. The maximum atomic E-state index is 12.3. The molecule has 0 radical (unpaired) electrons. The maximum absolute atomic E-state index is 12.3. The van der Waals surface area contributed by atoms with E-state index in [-0.39, 0.29) is 23.7 Å². The minimum atomic E-state index is -0.365. The monoisotopic (exact) mass is 452 g/mol. The van der Waals surface area contributed by atoms with Crippen LogP contribution in [0.3, 0.4) is 0 Å². The number of hydrogen-bond acceptors (Lipinski definition) is 6. The van der Waals surface area contributed by atoms with Crippen LogP contribution >= 0.6 is 0 Å². The van der Waals surface area contributed by atoms with E-state index in [1.54, 1.807) is 44.5 Å². The van der Waals surface area contributed by atoms with Crippen molar-refractivity contribution in [1.82, 2.24) is 4.57 Å². The zero-order valence-corrected chi connectivity index (χ0v) is 19.0. The fourth-order valence-corrected chi connectivity index (χ4v) is 3.14. The van der Waals surface area contributed by atoms with Crippen LogP contribution in [0.1, 0.15) is 12.6 Å². The topological polar surface area (TPSA) is 88.0 Å². The molecule has 0 aliphatic carbocycles. The van der Waals surface area contributed by atoms with Crippen LogP contribution in [0.25, 0.3) is 0 Å². The number of nitrogens with one attached hydrogen (secondary N) is 1. The summed E-state index contributed by atoms with van der Waals surface area (Å²) < 4.78 is 23.7. The van der Waals surface area contributed by atoms with Gasteiger partial charge in [-0.2, -0.15) is 0 Å². The molecule has 3 rings (SSSR count). The number of carbonyl (C=O) groups excluding carboxylic acids is 1. The van der Waals surface area contributed by atoms with Gasteiger partial charge in [0.05, 0.1) is 26.0 Å². The molecule has 1 N–H and O–H groups in total. The number of carbonyl (C=O) groups is 1. The average Bonchev–Trinajstić information content (AvgIpc) is 2.82. The Morgan fingerprint density at radius 2 is 1.55 bits per heavy atom. The van der Waals surface area contributed by atoms with Crippen LogP contribution in [0.5, 0.6) is 23.0 Å². The van der Waals surface area contributed by atoms with Crippen molar-refractivity contribution in [2.24, 2.45) is 0 Å². The molecule has 0 bridgehead atoms. The Morgan fingerprint density at radius 1 is 0.909 bits per heavy atom. The lowest BCUT2D eigenvalue weighted by atomic mass is 10.3. The zero-order chi connectivity index (χ0) is 23.6. The van der Waals surface area contributed by atoms with Gasteiger partial charge in [0.1, 0.15) is 23.9 Å². The zero-order valence-electron chi connectivity index (χ0n) is 19.0. The summed E-state index contributed by atoms with van der Waals surface area (Å²) in [6.45, 7) is 4.87. The summed E-state index contributed by atoms with van der Waals surface area (Å²) in [7, 11) is 1.61. The van der Waals surface area contributed by atoms with E-state index < -0.39 is 0 Å². The average molecular weight is 453 g/mol. The summed E-state index contributed by atoms with van der Waals surface area (Å²) >= 11 is 0. The summed E-state index contributed by atoms with van der Waals surface area (Å²) in [5.41, 5.74) is 0.952. The summed E-state index contributed by atoms with van der Waals surface area (Å²) in [6, 6.07) is 15.7. The minimum Gasteiger partial charge on any atom is -0.497 e. The molecule has 0 saturated carbocycles. The van der Waals surface area contributed by atoms with Crippen LogP contribution in [0.15, 0.2) is 65.6 Å². The molecule has 0 atom stereocenters. The molecule has 1 amide bonds. The van der Waals surface area contributed by atoms with Gasteiger partial charge in [0, 0.05) is 18.0 Å². The van der Waals surface area contributed by atoms with Gasteiger partial charge in [-0.15, -0.1) is 0 Å². The third-order valence-electron chi connectivity index (χ3n) is 4.85. The quantitative estimate of drug-likeness (QED) is 0.478. The van der Waals surface area contributed by atoms with Gasteiger partial charge < -0.3 is 28.8 Å². The first-order valence-electron chi connectivity index (χ1n) is 10.6. The molecule has 0 unspecified atom stereocenters. The number of pyridine rings is 1. The number of benzene rings is 2. The van der Waals surface area contributed by atoms with Crippen molar-refractivity contribution in [1.29, 1.82) is 0 Å². The highest BCUT2D eigenvalue weighted by Gasteiger charge is 2.12. The Labute approximate surface area is 192 Å². The van der Waals surface area contributed by atoms with Crippen LogP contribution in [0, 0.1) is 6.92 Å². The normalized spacial score (nSPS) is 10.4. The van der Waals surface area contributed by atoms with Crippen LogP contribution in [-0.2, 0) is 11.3 Å². The van der Waals surface area contributed by atoms with Gasteiger partial charge in [-0.05, 0) is 62.4 Å². The SMILES string of the molecule is CCOc1ccc(NC(=O)COc2c(C)n(CCOc3ccc(OC)cc3)ccc2=O)cc1. The van der Waals surface area contributed by atoms with Gasteiger partial charge in [0.25, 0.3) is 5.91 Å². The van der Waals surface area contributed by atoms with Gasteiger partial charge in [-0.1, -0.05) is 0 Å². The molecule has 174 valence electrons. The lowest BCUT2D eigenvalue weighted by Gasteiger charge is -2.15. The third kappa shape index (κ3) is 6.77. The number of ether oxygens (including phenoxy) is 4. The highest BCUT2D eigenvalue weighted by atomic mass is 16.5. The van der Waals surface area contributed by atoms with Crippen molar-refractivity contribution < 1.29 is 23.7 Å². The highest BCUT2D eigenvalue weighted by molar-refractivity contribution is 5.91. The smallest absolute Gasteiger partial charge is 0.262 e. The van der Waals surface area contributed by atoms with E-state index in [1.165, 1.54) is 6.07 Å². The van der Waals surface area contributed by atoms with Gasteiger partial charge in [0.15, 0.2) is 12.4 Å². The molecule has 1 aromatic heterocycles. The molecule has 1 heterocycles.